The normalized spacial score (nSPS) is 21.4. The molecule has 19 heavy (non-hydrogen) atoms. The molecular weight excluding hydrogens is 251 g/mol. The van der Waals surface area contributed by atoms with Crippen LogP contribution in [0.2, 0.25) is 0 Å². The summed E-state index contributed by atoms with van der Waals surface area (Å²) in [6, 6.07) is 3.03. The van der Waals surface area contributed by atoms with E-state index < -0.39 is 11.8 Å². The number of carbonyl (C=O) groups excluding carboxylic acids is 1. The Morgan fingerprint density at radius 2 is 2.11 bits per heavy atom. The van der Waals surface area contributed by atoms with Gasteiger partial charge in [0.15, 0.2) is 0 Å². The van der Waals surface area contributed by atoms with E-state index in [1.807, 2.05) is 0 Å². The number of anilines is 1. The lowest BCUT2D eigenvalue weighted by Gasteiger charge is -2.12. The summed E-state index contributed by atoms with van der Waals surface area (Å²) in [5.41, 5.74) is 5.44. The molecule has 2 atom stereocenters. The molecule has 1 aliphatic rings. The predicted octanol–water partition coefficient (Wildman–Crippen LogP) is 1.37. The van der Waals surface area contributed by atoms with Crippen LogP contribution >= 0.6 is 0 Å². The Labute approximate surface area is 108 Å². The first kappa shape index (κ1) is 13.2. The maximum Gasteiger partial charge on any atom is 0.337 e. The van der Waals surface area contributed by atoms with Gasteiger partial charge in [0.25, 0.3) is 0 Å². The van der Waals surface area contributed by atoms with E-state index in [9.17, 15) is 14.0 Å². The molecule has 0 aliphatic heterocycles. The quantitative estimate of drug-likeness (QED) is 0.719. The minimum absolute atomic E-state index is 0.0766. The second-order valence-electron chi connectivity index (χ2n) is 4.38. The van der Waals surface area contributed by atoms with Gasteiger partial charge in [-0.25, -0.2) is 9.18 Å². The zero-order chi connectivity index (χ0) is 14.0. The molecule has 1 aromatic carbocycles. The van der Waals surface area contributed by atoms with Crippen molar-refractivity contribution >= 4 is 17.6 Å². The fourth-order valence-corrected chi connectivity index (χ4v) is 1.95. The molecule has 0 saturated carbocycles. The first-order valence-electron chi connectivity index (χ1n) is 5.75. The lowest BCUT2D eigenvalue weighted by Crippen LogP contribution is -2.24. The smallest absolute Gasteiger partial charge is 0.337 e. The number of carboxylic acid groups (broad SMARTS) is 1. The SMILES string of the molecule is NC1C=CC(C(=O)Nc2ccc(F)cc2C(=O)O)C1. The van der Waals surface area contributed by atoms with E-state index in [0.717, 1.165) is 12.1 Å². The van der Waals surface area contributed by atoms with Gasteiger partial charge in [-0.3, -0.25) is 4.79 Å². The van der Waals surface area contributed by atoms with Gasteiger partial charge < -0.3 is 16.2 Å². The summed E-state index contributed by atoms with van der Waals surface area (Å²) in [5, 5.41) is 11.4. The van der Waals surface area contributed by atoms with Crippen LogP contribution in [0.25, 0.3) is 0 Å². The van der Waals surface area contributed by atoms with Crippen LogP contribution in [0.5, 0.6) is 0 Å². The van der Waals surface area contributed by atoms with Crippen molar-refractivity contribution in [2.24, 2.45) is 11.7 Å². The highest BCUT2D eigenvalue weighted by Crippen LogP contribution is 2.21. The van der Waals surface area contributed by atoms with E-state index in [2.05, 4.69) is 5.32 Å². The van der Waals surface area contributed by atoms with Crippen LogP contribution in [0.15, 0.2) is 30.4 Å². The van der Waals surface area contributed by atoms with Gasteiger partial charge >= 0.3 is 5.97 Å². The summed E-state index contributed by atoms with van der Waals surface area (Å²) in [5.74, 6) is -2.70. The van der Waals surface area contributed by atoms with Crippen LogP contribution in [0.4, 0.5) is 10.1 Å². The van der Waals surface area contributed by atoms with Gasteiger partial charge in [0, 0.05) is 6.04 Å². The van der Waals surface area contributed by atoms with E-state index in [-0.39, 0.29) is 29.1 Å². The number of nitrogens with two attached hydrogens (primary N) is 1. The summed E-state index contributed by atoms with van der Waals surface area (Å²) < 4.78 is 13.0. The van der Waals surface area contributed by atoms with Crippen molar-refractivity contribution in [3.8, 4) is 0 Å². The van der Waals surface area contributed by atoms with Gasteiger partial charge in [-0.2, -0.15) is 0 Å². The van der Waals surface area contributed by atoms with Crippen molar-refractivity contribution in [3.63, 3.8) is 0 Å². The highest BCUT2D eigenvalue weighted by molar-refractivity contribution is 6.01. The van der Waals surface area contributed by atoms with E-state index in [1.54, 1.807) is 12.2 Å². The average Bonchev–Trinajstić information content (AvgIpc) is 2.78. The Hall–Kier alpha value is -2.21. The molecule has 0 saturated heterocycles. The third-order valence-corrected chi connectivity index (χ3v) is 2.92. The minimum Gasteiger partial charge on any atom is -0.478 e. The fraction of sp³-hybridized carbons (Fsp3) is 0.231. The van der Waals surface area contributed by atoms with Crippen molar-refractivity contribution in [2.75, 3.05) is 5.32 Å². The summed E-state index contributed by atoms with van der Waals surface area (Å²) >= 11 is 0. The fourth-order valence-electron chi connectivity index (χ4n) is 1.95. The zero-order valence-corrected chi connectivity index (χ0v) is 9.97. The van der Waals surface area contributed by atoms with Crippen LogP contribution in [-0.4, -0.2) is 23.0 Å². The Kier molecular flexibility index (Phi) is 3.62. The van der Waals surface area contributed by atoms with E-state index in [4.69, 9.17) is 10.8 Å². The molecule has 1 aromatic rings. The zero-order valence-electron chi connectivity index (χ0n) is 9.97. The number of benzene rings is 1. The first-order valence-corrected chi connectivity index (χ1v) is 5.75. The molecule has 0 spiro atoms. The van der Waals surface area contributed by atoms with Crippen LogP contribution in [0.1, 0.15) is 16.8 Å². The summed E-state index contributed by atoms with van der Waals surface area (Å²) in [6.45, 7) is 0. The molecule has 6 heteroatoms. The van der Waals surface area contributed by atoms with Crippen molar-refractivity contribution < 1.29 is 19.1 Å². The largest absolute Gasteiger partial charge is 0.478 e. The number of nitrogens with one attached hydrogen (secondary N) is 1. The summed E-state index contributed by atoms with van der Waals surface area (Å²) in [7, 11) is 0. The number of hydrogen-bond donors (Lipinski definition) is 3. The highest BCUT2D eigenvalue weighted by Gasteiger charge is 2.24. The molecule has 2 unspecified atom stereocenters. The number of halogens is 1. The van der Waals surface area contributed by atoms with Crippen molar-refractivity contribution in [3.05, 3.63) is 41.7 Å². The highest BCUT2D eigenvalue weighted by atomic mass is 19.1. The lowest BCUT2D eigenvalue weighted by atomic mass is 10.1. The molecule has 0 fully saturated rings. The molecule has 1 aliphatic carbocycles. The number of rotatable bonds is 3. The van der Waals surface area contributed by atoms with Gasteiger partial charge in [-0.05, 0) is 24.6 Å². The molecule has 0 radical (unpaired) electrons. The number of carboxylic acids is 1. The Morgan fingerprint density at radius 1 is 1.37 bits per heavy atom. The van der Waals surface area contributed by atoms with Crippen molar-refractivity contribution in [1.29, 1.82) is 0 Å². The number of hydrogen-bond acceptors (Lipinski definition) is 3. The van der Waals surface area contributed by atoms with Crippen molar-refractivity contribution in [1.82, 2.24) is 0 Å². The topological polar surface area (TPSA) is 92.4 Å². The Balaban J connectivity index is 2.17. The average molecular weight is 264 g/mol. The second-order valence-corrected chi connectivity index (χ2v) is 4.38. The Bertz CT molecular complexity index is 557. The molecule has 5 nitrogen and oxygen atoms in total. The van der Waals surface area contributed by atoms with Crippen LogP contribution in [0.3, 0.4) is 0 Å². The standard InChI is InChI=1S/C13H13FN2O3/c14-8-2-4-11(10(6-8)13(18)19)16-12(17)7-1-3-9(15)5-7/h1-4,6-7,9H,5,15H2,(H,16,17)(H,18,19). The first-order chi connectivity index (χ1) is 8.97. The molecule has 2 rings (SSSR count). The number of carbonyl (C=O) groups is 2. The van der Waals surface area contributed by atoms with Crippen molar-refractivity contribution in [2.45, 2.75) is 12.5 Å². The van der Waals surface area contributed by atoms with Gasteiger partial charge in [-0.15, -0.1) is 0 Å². The second kappa shape index (κ2) is 5.19. The lowest BCUT2D eigenvalue weighted by molar-refractivity contribution is -0.118. The van der Waals surface area contributed by atoms with E-state index >= 15 is 0 Å². The van der Waals surface area contributed by atoms with Gasteiger partial charge in [-0.1, -0.05) is 12.2 Å². The molecule has 100 valence electrons. The number of aromatic carboxylic acids is 1. The maximum absolute atomic E-state index is 13.0. The van der Waals surface area contributed by atoms with Crippen LogP contribution in [-0.2, 0) is 4.79 Å². The van der Waals surface area contributed by atoms with Crippen LogP contribution in [0, 0.1) is 11.7 Å². The predicted molar refractivity (Wildman–Crippen MR) is 67.2 cm³/mol. The molecule has 0 bridgehead atoms. The molecular formula is C13H13FN2O3. The van der Waals surface area contributed by atoms with E-state index in [0.29, 0.717) is 6.42 Å². The number of amides is 1. The Morgan fingerprint density at radius 3 is 2.68 bits per heavy atom. The summed E-state index contributed by atoms with van der Waals surface area (Å²) in [6.07, 6.45) is 3.90. The third kappa shape index (κ3) is 2.97. The third-order valence-electron chi connectivity index (χ3n) is 2.92. The van der Waals surface area contributed by atoms with Gasteiger partial charge in [0.2, 0.25) is 5.91 Å². The molecule has 1 amide bonds. The maximum atomic E-state index is 13.0. The molecule has 4 N–H and O–H groups in total. The van der Waals surface area contributed by atoms with Gasteiger partial charge in [0.1, 0.15) is 5.82 Å². The monoisotopic (exact) mass is 264 g/mol. The summed E-state index contributed by atoms with van der Waals surface area (Å²) in [4.78, 5) is 22.9. The minimum atomic E-state index is -1.30. The van der Waals surface area contributed by atoms with E-state index in [1.165, 1.54) is 6.07 Å². The van der Waals surface area contributed by atoms with Gasteiger partial charge in [0.05, 0.1) is 17.2 Å². The van der Waals surface area contributed by atoms with Crippen LogP contribution < -0.4 is 11.1 Å². The molecule has 0 aromatic heterocycles. The molecule has 0 heterocycles.